The third kappa shape index (κ3) is 4.16. The molecule has 1 aliphatic heterocycles. The normalized spacial score (nSPS) is 18.0. The molecule has 0 aromatic carbocycles. The molecule has 0 saturated carbocycles. The molecule has 2 aromatic rings. The Hall–Kier alpha value is -3.16. The third-order valence-electron chi connectivity index (χ3n) is 4.55. The van der Waals surface area contributed by atoms with Crippen molar-refractivity contribution in [1.82, 2.24) is 15.2 Å². The van der Waals surface area contributed by atoms with Crippen molar-refractivity contribution in [3.63, 3.8) is 0 Å². The summed E-state index contributed by atoms with van der Waals surface area (Å²) in [5.74, 6) is 1.87. The summed E-state index contributed by atoms with van der Waals surface area (Å²) in [6, 6.07) is 5.26. The maximum absolute atomic E-state index is 10.4. The number of aromatic hydroxyl groups is 1. The molecule has 1 aliphatic rings. The molecule has 0 aliphatic carbocycles. The first-order chi connectivity index (χ1) is 13.0. The highest BCUT2D eigenvalue weighted by Gasteiger charge is 2.20. The molecule has 27 heavy (non-hydrogen) atoms. The van der Waals surface area contributed by atoms with Gasteiger partial charge in [-0.2, -0.15) is 0 Å². The minimum absolute atomic E-state index is 0.0203. The Morgan fingerprint density at radius 3 is 2.78 bits per heavy atom. The van der Waals surface area contributed by atoms with Crippen LogP contribution in [0.4, 0.5) is 5.82 Å². The Labute approximate surface area is 158 Å². The second-order valence-electron chi connectivity index (χ2n) is 6.57. The van der Waals surface area contributed by atoms with Gasteiger partial charge in [0.2, 0.25) is 5.90 Å². The minimum atomic E-state index is -0.0203. The van der Waals surface area contributed by atoms with Crippen LogP contribution >= 0.6 is 0 Å². The van der Waals surface area contributed by atoms with Gasteiger partial charge in [-0.25, -0.2) is 4.98 Å². The Kier molecular flexibility index (Phi) is 5.54. The first-order valence-corrected chi connectivity index (χ1v) is 8.78. The summed E-state index contributed by atoms with van der Waals surface area (Å²) in [4.78, 5) is 10.5. The zero-order chi connectivity index (χ0) is 19.4. The van der Waals surface area contributed by atoms with Crippen LogP contribution in [0.1, 0.15) is 18.9 Å². The minimum Gasteiger partial charge on any atom is -0.506 e. The number of methoxy groups -OCH3 is 1. The predicted molar refractivity (Wildman–Crippen MR) is 105 cm³/mol. The van der Waals surface area contributed by atoms with Gasteiger partial charge in [-0.3, -0.25) is 4.99 Å². The molecule has 0 spiro atoms. The fourth-order valence-electron chi connectivity index (χ4n) is 3.00. The summed E-state index contributed by atoms with van der Waals surface area (Å²) in [6.07, 6.45) is 4.30. The van der Waals surface area contributed by atoms with E-state index in [-0.39, 0.29) is 5.75 Å². The van der Waals surface area contributed by atoms with Crippen LogP contribution in [0.25, 0.3) is 17.1 Å². The first-order valence-electron chi connectivity index (χ1n) is 8.78. The number of nitrogens with zero attached hydrogens (tertiary/aromatic N) is 5. The number of anilines is 1. The van der Waals surface area contributed by atoms with E-state index < -0.39 is 0 Å². The molecule has 3 rings (SSSR count). The van der Waals surface area contributed by atoms with Crippen LogP contribution in [0, 0.1) is 5.92 Å². The van der Waals surface area contributed by atoms with Crippen molar-refractivity contribution in [2.24, 2.45) is 16.6 Å². The molecule has 2 aromatic heterocycles. The molecular weight excluding hydrogens is 344 g/mol. The highest BCUT2D eigenvalue weighted by atomic mass is 16.5. The van der Waals surface area contributed by atoms with Crippen LogP contribution in [0.2, 0.25) is 0 Å². The lowest BCUT2D eigenvalue weighted by molar-refractivity contribution is 0.406. The average Bonchev–Trinajstić information content (AvgIpc) is 3.12. The van der Waals surface area contributed by atoms with Crippen LogP contribution in [0.5, 0.6) is 5.75 Å². The number of aromatic nitrogens is 3. The summed E-state index contributed by atoms with van der Waals surface area (Å²) in [5.41, 5.74) is 7.83. The van der Waals surface area contributed by atoms with Crippen molar-refractivity contribution < 1.29 is 9.84 Å². The SMILES string of the molecule is CN=C(C=C(N)c1cnc(-c2ccc(N3CC[C@@H](C)C3)nn2)c(O)c1)OC. The van der Waals surface area contributed by atoms with Crippen LogP contribution in [-0.4, -0.2) is 53.4 Å². The molecule has 1 fully saturated rings. The van der Waals surface area contributed by atoms with E-state index in [1.807, 2.05) is 12.1 Å². The monoisotopic (exact) mass is 368 g/mol. The smallest absolute Gasteiger partial charge is 0.210 e. The zero-order valence-electron chi connectivity index (χ0n) is 15.8. The molecule has 1 atom stereocenters. The molecule has 0 amide bonds. The molecule has 3 heterocycles. The topological polar surface area (TPSA) is 110 Å². The molecular formula is C19H24N6O2. The lowest BCUT2D eigenvalue weighted by Gasteiger charge is -2.16. The van der Waals surface area contributed by atoms with Crippen LogP contribution in [0.15, 0.2) is 35.5 Å². The van der Waals surface area contributed by atoms with Crippen molar-refractivity contribution in [2.75, 3.05) is 32.1 Å². The predicted octanol–water partition coefficient (Wildman–Crippen LogP) is 2.06. The number of nitrogens with two attached hydrogens (primary N) is 1. The van der Waals surface area contributed by atoms with Gasteiger partial charge in [-0.05, 0) is 30.5 Å². The standard InChI is InChI=1S/C19H24N6O2/c1-12-6-7-25(11-12)17-5-4-15(23-24-17)19-16(26)8-13(10-22-19)14(20)9-18(21-2)27-3/h4-5,8-10,12,26H,6-7,11,20H2,1-3H3/t12-/m1/s1. The molecule has 8 nitrogen and oxygen atoms in total. The van der Waals surface area contributed by atoms with E-state index in [0.29, 0.717) is 34.5 Å². The highest BCUT2D eigenvalue weighted by Crippen LogP contribution is 2.28. The van der Waals surface area contributed by atoms with E-state index >= 15 is 0 Å². The van der Waals surface area contributed by atoms with Gasteiger partial charge in [-0.1, -0.05) is 6.92 Å². The molecule has 0 unspecified atom stereocenters. The van der Waals surface area contributed by atoms with Crippen LogP contribution in [-0.2, 0) is 4.74 Å². The van der Waals surface area contributed by atoms with Gasteiger partial charge < -0.3 is 20.5 Å². The van der Waals surface area contributed by atoms with Crippen molar-refractivity contribution >= 4 is 17.4 Å². The summed E-state index contributed by atoms with van der Waals surface area (Å²) in [6.45, 7) is 4.21. The first kappa shape index (κ1) is 18.6. The van der Waals surface area contributed by atoms with Crippen LogP contribution < -0.4 is 10.6 Å². The highest BCUT2D eigenvalue weighted by molar-refractivity contribution is 5.94. The summed E-state index contributed by atoms with van der Waals surface area (Å²) >= 11 is 0. The maximum Gasteiger partial charge on any atom is 0.210 e. The van der Waals surface area contributed by atoms with Gasteiger partial charge in [0.1, 0.15) is 17.1 Å². The second kappa shape index (κ2) is 8.03. The van der Waals surface area contributed by atoms with E-state index in [1.54, 1.807) is 19.3 Å². The maximum atomic E-state index is 10.4. The summed E-state index contributed by atoms with van der Waals surface area (Å²) in [7, 11) is 3.11. The van der Waals surface area contributed by atoms with Crippen molar-refractivity contribution in [3.05, 3.63) is 36.0 Å². The van der Waals surface area contributed by atoms with Gasteiger partial charge in [0.15, 0.2) is 5.82 Å². The van der Waals surface area contributed by atoms with E-state index in [9.17, 15) is 5.11 Å². The fraction of sp³-hybridized carbons (Fsp3) is 0.368. The van der Waals surface area contributed by atoms with Crippen LogP contribution in [0.3, 0.4) is 0 Å². The molecule has 142 valence electrons. The third-order valence-corrected chi connectivity index (χ3v) is 4.55. The van der Waals surface area contributed by atoms with Gasteiger partial charge in [-0.15, -0.1) is 10.2 Å². The van der Waals surface area contributed by atoms with Gasteiger partial charge in [0, 0.05) is 43.7 Å². The average molecular weight is 368 g/mol. The Morgan fingerprint density at radius 1 is 1.41 bits per heavy atom. The lowest BCUT2D eigenvalue weighted by Crippen LogP contribution is -2.20. The number of rotatable bonds is 4. The fourth-order valence-corrected chi connectivity index (χ4v) is 3.00. The van der Waals surface area contributed by atoms with Crippen molar-refractivity contribution in [1.29, 1.82) is 0 Å². The van der Waals surface area contributed by atoms with E-state index in [4.69, 9.17) is 10.5 Å². The molecule has 0 bridgehead atoms. The molecule has 0 radical (unpaired) electrons. The number of pyridine rings is 1. The number of ether oxygens (including phenoxy) is 1. The largest absolute Gasteiger partial charge is 0.506 e. The quantitative estimate of drug-likeness (QED) is 0.628. The summed E-state index contributed by atoms with van der Waals surface area (Å²) in [5, 5.41) is 18.9. The Morgan fingerprint density at radius 2 is 2.22 bits per heavy atom. The Balaban J connectivity index is 1.81. The van der Waals surface area contributed by atoms with Crippen molar-refractivity contribution in [2.45, 2.75) is 13.3 Å². The summed E-state index contributed by atoms with van der Waals surface area (Å²) < 4.78 is 5.06. The number of hydrogen-bond donors (Lipinski definition) is 2. The van der Waals surface area contributed by atoms with E-state index in [2.05, 4.69) is 32.0 Å². The van der Waals surface area contributed by atoms with Crippen molar-refractivity contribution in [3.8, 4) is 17.1 Å². The van der Waals surface area contributed by atoms with Gasteiger partial charge >= 0.3 is 0 Å². The molecule has 3 N–H and O–H groups in total. The lowest BCUT2D eigenvalue weighted by atomic mass is 10.1. The number of hydrogen-bond acceptors (Lipinski definition) is 8. The molecule has 1 saturated heterocycles. The Bertz CT molecular complexity index is 863. The van der Waals surface area contributed by atoms with E-state index in [0.717, 1.165) is 25.3 Å². The molecule has 8 heteroatoms. The van der Waals surface area contributed by atoms with Gasteiger partial charge in [0.25, 0.3) is 0 Å². The number of aliphatic imine (C=N–C) groups is 1. The van der Waals surface area contributed by atoms with E-state index in [1.165, 1.54) is 13.2 Å². The zero-order valence-corrected chi connectivity index (χ0v) is 15.8. The van der Waals surface area contributed by atoms with Gasteiger partial charge in [0.05, 0.1) is 7.11 Å². The second-order valence-corrected chi connectivity index (χ2v) is 6.57.